The van der Waals surface area contributed by atoms with E-state index in [-0.39, 0.29) is 11.9 Å². The van der Waals surface area contributed by atoms with Crippen molar-refractivity contribution in [3.05, 3.63) is 39.7 Å². The molecule has 2 aliphatic rings. The number of carbonyl (C=O) groups is 2. The van der Waals surface area contributed by atoms with Gasteiger partial charge in [0.2, 0.25) is 0 Å². The molecule has 32 heavy (non-hydrogen) atoms. The van der Waals surface area contributed by atoms with Gasteiger partial charge in [0, 0.05) is 37.4 Å². The summed E-state index contributed by atoms with van der Waals surface area (Å²) < 4.78 is 0. The number of thiophene rings is 1. The third kappa shape index (κ3) is 5.78. The van der Waals surface area contributed by atoms with Gasteiger partial charge in [-0.15, -0.1) is 11.3 Å². The minimum atomic E-state index is -0.715. The molecule has 1 atom stereocenters. The van der Waals surface area contributed by atoms with Crippen molar-refractivity contribution in [3.63, 3.8) is 0 Å². The number of nitrogens with two attached hydrogens (primary N) is 1. The van der Waals surface area contributed by atoms with Gasteiger partial charge in [-0.25, -0.2) is 9.78 Å². The average Bonchev–Trinajstić information content (AvgIpc) is 3.21. The molecular formula is C23H28N6O2S. The Bertz CT molecular complexity index is 1010. The van der Waals surface area contributed by atoms with Crippen molar-refractivity contribution >= 4 is 34.8 Å². The largest absolute Gasteiger partial charge is 0.357 e. The SMILES string of the molecule is NC(=O)Nc1cc(C#Cc2ccc(N3CCCCC3)nc2)sc1C(=O)N[C@H]1CCCNC1. The smallest absolute Gasteiger partial charge is 0.316 e. The van der Waals surface area contributed by atoms with Crippen LogP contribution in [-0.4, -0.2) is 49.1 Å². The zero-order chi connectivity index (χ0) is 22.3. The summed E-state index contributed by atoms with van der Waals surface area (Å²) in [6, 6.07) is 5.00. The number of piperidine rings is 2. The number of carbonyl (C=O) groups excluding carboxylic acids is 2. The fraction of sp³-hybridized carbons (Fsp3) is 0.435. The van der Waals surface area contributed by atoms with Crippen LogP contribution in [0.1, 0.15) is 52.2 Å². The van der Waals surface area contributed by atoms with Gasteiger partial charge >= 0.3 is 6.03 Å². The predicted molar refractivity (Wildman–Crippen MR) is 127 cm³/mol. The quantitative estimate of drug-likeness (QED) is 0.533. The van der Waals surface area contributed by atoms with Crippen LogP contribution >= 0.6 is 11.3 Å². The summed E-state index contributed by atoms with van der Waals surface area (Å²) in [7, 11) is 0. The molecule has 0 unspecified atom stereocenters. The topological polar surface area (TPSA) is 112 Å². The lowest BCUT2D eigenvalue weighted by atomic mass is 10.1. The van der Waals surface area contributed by atoms with Gasteiger partial charge in [0.1, 0.15) is 10.7 Å². The number of anilines is 2. The van der Waals surface area contributed by atoms with Crippen molar-refractivity contribution in [3.8, 4) is 11.8 Å². The van der Waals surface area contributed by atoms with Crippen molar-refractivity contribution in [1.29, 1.82) is 0 Å². The lowest BCUT2D eigenvalue weighted by molar-refractivity contribution is 0.0935. The van der Waals surface area contributed by atoms with Crippen molar-refractivity contribution in [2.75, 3.05) is 36.4 Å². The highest BCUT2D eigenvalue weighted by molar-refractivity contribution is 7.15. The molecule has 2 saturated heterocycles. The number of urea groups is 1. The Labute approximate surface area is 192 Å². The van der Waals surface area contributed by atoms with Gasteiger partial charge in [-0.2, -0.15) is 0 Å². The van der Waals surface area contributed by atoms with Crippen LogP contribution in [0.2, 0.25) is 0 Å². The summed E-state index contributed by atoms with van der Waals surface area (Å²) in [5.74, 6) is 6.94. The van der Waals surface area contributed by atoms with Crippen molar-refractivity contribution in [2.24, 2.45) is 5.73 Å². The maximum Gasteiger partial charge on any atom is 0.316 e. The second-order valence-electron chi connectivity index (χ2n) is 8.06. The maximum atomic E-state index is 12.8. The van der Waals surface area contributed by atoms with Crippen LogP contribution in [0.15, 0.2) is 24.4 Å². The highest BCUT2D eigenvalue weighted by atomic mass is 32.1. The molecule has 5 N–H and O–H groups in total. The van der Waals surface area contributed by atoms with E-state index < -0.39 is 6.03 Å². The third-order valence-corrected chi connectivity index (χ3v) is 6.64. The first-order valence-corrected chi connectivity index (χ1v) is 11.8. The summed E-state index contributed by atoms with van der Waals surface area (Å²) >= 11 is 1.24. The number of aromatic nitrogens is 1. The van der Waals surface area contributed by atoms with E-state index in [0.717, 1.165) is 50.4 Å². The molecule has 0 spiro atoms. The van der Waals surface area contributed by atoms with Gasteiger partial charge in [-0.3, -0.25) is 4.79 Å². The number of nitrogens with one attached hydrogen (secondary N) is 3. The Balaban J connectivity index is 1.48. The van der Waals surface area contributed by atoms with Crippen molar-refractivity contribution in [2.45, 2.75) is 38.1 Å². The van der Waals surface area contributed by atoms with Crippen LogP contribution in [0, 0.1) is 11.8 Å². The van der Waals surface area contributed by atoms with Gasteiger partial charge < -0.3 is 26.6 Å². The zero-order valence-electron chi connectivity index (χ0n) is 17.9. The van der Waals surface area contributed by atoms with Gasteiger partial charge in [0.15, 0.2) is 0 Å². The number of rotatable bonds is 4. The number of pyridine rings is 1. The lowest BCUT2D eigenvalue weighted by Crippen LogP contribution is -2.45. The highest BCUT2D eigenvalue weighted by Crippen LogP contribution is 2.27. The summed E-state index contributed by atoms with van der Waals surface area (Å²) in [6.07, 6.45) is 7.41. The van der Waals surface area contributed by atoms with E-state index >= 15 is 0 Å². The standard InChI is InChI=1S/C23H28N6O2S/c24-23(31)28-19-13-18(32-21(19)22(30)27-17-5-4-10-25-15-17)8-6-16-7-9-20(26-14-16)29-11-2-1-3-12-29/h7,9,13-14,17,25H,1-5,10-12,15H2,(H,27,30)(H3,24,28,31)/t17-/m0/s1. The molecule has 2 aromatic rings. The van der Waals surface area contributed by atoms with Crippen LogP contribution < -0.4 is 26.6 Å². The maximum absolute atomic E-state index is 12.8. The van der Waals surface area contributed by atoms with Crippen molar-refractivity contribution in [1.82, 2.24) is 15.6 Å². The van der Waals surface area contributed by atoms with E-state index in [9.17, 15) is 9.59 Å². The molecule has 4 rings (SSSR count). The summed E-state index contributed by atoms with van der Waals surface area (Å²) in [5.41, 5.74) is 6.47. The normalized spacial score (nSPS) is 18.4. The van der Waals surface area contributed by atoms with E-state index in [4.69, 9.17) is 5.73 Å². The summed E-state index contributed by atoms with van der Waals surface area (Å²) in [5, 5.41) is 8.84. The fourth-order valence-corrected chi connectivity index (χ4v) is 4.85. The molecule has 0 aromatic carbocycles. The lowest BCUT2D eigenvalue weighted by Gasteiger charge is -2.27. The number of amides is 3. The average molecular weight is 453 g/mol. The number of nitrogens with zero attached hydrogens (tertiary/aromatic N) is 2. The Hall–Kier alpha value is -3.09. The van der Waals surface area contributed by atoms with Gasteiger partial charge in [0.05, 0.1) is 10.6 Å². The van der Waals surface area contributed by atoms with E-state index in [1.807, 2.05) is 12.1 Å². The van der Waals surface area contributed by atoms with Gasteiger partial charge in [-0.1, -0.05) is 11.8 Å². The highest BCUT2D eigenvalue weighted by Gasteiger charge is 2.21. The molecule has 0 bridgehead atoms. The first kappa shape index (κ1) is 22.1. The molecule has 0 radical (unpaired) electrons. The molecule has 3 amide bonds. The Morgan fingerprint density at radius 1 is 1.19 bits per heavy atom. The molecule has 168 valence electrons. The summed E-state index contributed by atoms with van der Waals surface area (Å²) in [6.45, 7) is 3.80. The van der Waals surface area contributed by atoms with E-state index in [2.05, 4.69) is 37.7 Å². The molecule has 0 aliphatic carbocycles. The number of hydrogen-bond acceptors (Lipinski definition) is 6. The molecular weight excluding hydrogens is 424 g/mol. The number of primary amides is 1. The van der Waals surface area contributed by atoms with Crippen LogP contribution in [0.25, 0.3) is 0 Å². The van der Waals surface area contributed by atoms with E-state index in [1.165, 1.54) is 30.6 Å². The van der Waals surface area contributed by atoms with Crippen LogP contribution in [0.3, 0.4) is 0 Å². The van der Waals surface area contributed by atoms with Crippen LogP contribution in [0.4, 0.5) is 16.3 Å². The molecule has 2 aromatic heterocycles. The zero-order valence-corrected chi connectivity index (χ0v) is 18.8. The number of hydrogen-bond donors (Lipinski definition) is 4. The van der Waals surface area contributed by atoms with E-state index in [1.54, 1.807) is 12.3 Å². The molecule has 2 fully saturated rings. The predicted octanol–water partition coefficient (Wildman–Crippen LogP) is 2.51. The monoisotopic (exact) mass is 452 g/mol. The first-order chi connectivity index (χ1) is 15.6. The van der Waals surface area contributed by atoms with Crippen LogP contribution in [-0.2, 0) is 0 Å². The van der Waals surface area contributed by atoms with E-state index in [0.29, 0.717) is 15.4 Å². The minimum Gasteiger partial charge on any atom is -0.357 e. The Kier molecular flexibility index (Phi) is 7.24. The molecule has 4 heterocycles. The fourth-order valence-electron chi connectivity index (χ4n) is 3.98. The van der Waals surface area contributed by atoms with Gasteiger partial charge in [0.25, 0.3) is 5.91 Å². The molecule has 9 heteroatoms. The third-order valence-electron chi connectivity index (χ3n) is 5.59. The minimum absolute atomic E-state index is 0.0683. The Morgan fingerprint density at radius 2 is 2.03 bits per heavy atom. The Morgan fingerprint density at radius 3 is 2.72 bits per heavy atom. The summed E-state index contributed by atoms with van der Waals surface area (Å²) in [4.78, 5) is 32.1. The second kappa shape index (κ2) is 10.5. The molecule has 2 aliphatic heterocycles. The molecule has 8 nitrogen and oxygen atoms in total. The van der Waals surface area contributed by atoms with Gasteiger partial charge in [-0.05, 0) is 56.8 Å². The first-order valence-electron chi connectivity index (χ1n) is 11.0. The molecule has 0 saturated carbocycles. The second-order valence-corrected chi connectivity index (χ2v) is 9.11. The van der Waals surface area contributed by atoms with Crippen LogP contribution in [0.5, 0.6) is 0 Å². The van der Waals surface area contributed by atoms with Crippen molar-refractivity contribution < 1.29 is 9.59 Å².